The van der Waals surface area contributed by atoms with Crippen LogP contribution in [-0.4, -0.2) is 76.1 Å². The molecule has 10 heteroatoms. The molecule has 1 unspecified atom stereocenters. The largest absolute Gasteiger partial charge is 0.383 e. The van der Waals surface area contributed by atoms with Gasteiger partial charge in [0.2, 0.25) is 11.8 Å². The van der Waals surface area contributed by atoms with Crippen molar-refractivity contribution >= 4 is 23.4 Å². The van der Waals surface area contributed by atoms with Crippen molar-refractivity contribution < 1.29 is 23.5 Å². The van der Waals surface area contributed by atoms with Gasteiger partial charge in [-0.15, -0.1) is 0 Å². The van der Waals surface area contributed by atoms with Crippen LogP contribution in [0.1, 0.15) is 36.0 Å². The summed E-state index contributed by atoms with van der Waals surface area (Å²) < 4.78 is 20.0. The Bertz CT molecular complexity index is 1010. The number of rotatable bonds is 8. The van der Waals surface area contributed by atoms with E-state index in [9.17, 15) is 18.8 Å². The summed E-state index contributed by atoms with van der Waals surface area (Å²) in [6.07, 6.45) is 4.05. The maximum atomic E-state index is 13.2. The smallest absolute Gasteiger partial charge is 0.249 e. The van der Waals surface area contributed by atoms with Gasteiger partial charge in [0.15, 0.2) is 5.78 Å². The van der Waals surface area contributed by atoms with Crippen LogP contribution in [0.3, 0.4) is 0 Å². The summed E-state index contributed by atoms with van der Waals surface area (Å²) in [4.78, 5) is 40.7. The molecule has 2 amide bonds. The normalized spacial score (nSPS) is 18.5. The number of hydrogen-bond donors (Lipinski definition) is 1. The molecule has 0 radical (unpaired) electrons. The molecule has 2 saturated heterocycles. The number of hydrogen-bond acceptors (Lipinski definition) is 6. The number of ketones is 1. The molecule has 170 valence electrons. The zero-order chi connectivity index (χ0) is 22.7. The first-order valence-electron chi connectivity index (χ1n) is 10.7. The Morgan fingerprint density at radius 3 is 2.69 bits per heavy atom. The predicted octanol–water partition coefficient (Wildman–Crippen LogP) is 1.41. The Hall–Kier alpha value is -3.27. The summed E-state index contributed by atoms with van der Waals surface area (Å²) in [5.41, 5.74) is 6.92. The van der Waals surface area contributed by atoms with E-state index in [0.717, 1.165) is 13.0 Å². The zero-order valence-electron chi connectivity index (χ0n) is 17.7. The Balaban J connectivity index is 1.36. The molecule has 1 aromatic carbocycles. The molecule has 1 atom stereocenters. The molecule has 2 N–H and O–H groups in total. The molecular weight excluding hydrogens is 417 g/mol. The first-order valence-corrected chi connectivity index (χ1v) is 10.7. The molecule has 0 saturated carbocycles. The SMILES string of the molecule is Nc1c(C(=O)C2CCCN2C(=O)COCCN2CCCC2=O)cnn1-c1ccc(F)cc1. The second-order valence-corrected chi connectivity index (χ2v) is 7.98. The Labute approximate surface area is 184 Å². The molecule has 4 rings (SSSR count). The van der Waals surface area contributed by atoms with E-state index < -0.39 is 6.04 Å². The molecule has 2 aliphatic rings. The summed E-state index contributed by atoms with van der Waals surface area (Å²) in [6, 6.07) is 4.99. The van der Waals surface area contributed by atoms with Crippen LogP contribution in [0.15, 0.2) is 30.5 Å². The summed E-state index contributed by atoms with van der Waals surface area (Å²) in [5.74, 6) is -0.663. The summed E-state index contributed by atoms with van der Waals surface area (Å²) >= 11 is 0. The summed E-state index contributed by atoms with van der Waals surface area (Å²) in [6.45, 7) is 1.80. The van der Waals surface area contributed by atoms with Crippen molar-refractivity contribution in [2.24, 2.45) is 0 Å². The van der Waals surface area contributed by atoms with E-state index in [0.29, 0.717) is 38.0 Å². The van der Waals surface area contributed by atoms with E-state index in [-0.39, 0.29) is 48.0 Å². The maximum absolute atomic E-state index is 13.2. The number of carbonyl (C=O) groups excluding carboxylic acids is 3. The van der Waals surface area contributed by atoms with Gasteiger partial charge in [-0.1, -0.05) is 0 Å². The highest BCUT2D eigenvalue weighted by Gasteiger charge is 2.36. The average Bonchev–Trinajstić information content (AvgIpc) is 3.52. The fourth-order valence-corrected chi connectivity index (χ4v) is 4.21. The summed E-state index contributed by atoms with van der Waals surface area (Å²) in [5, 5.41) is 4.17. The Kier molecular flexibility index (Phi) is 6.50. The van der Waals surface area contributed by atoms with Crippen LogP contribution in [0.4, 0.5) is 10.2 Å². The fraction of sp³-hybridized carbons (Fsp3) is 0.455. The number of ether oxygens (including phenoxy) is 1. The molecule has 2 aliphatic heterocycles. The molecule has 32 heavy (non-hydrogen) atoms. The molecule has 9 nitrogen and oxygen atoms in total. The van der Waals surface area contributed by atoms with Crippen molar-refractivity contribution in [2.75, 3.05) is 38.6 Å². The van der Waals surface area contributed by atoms with Gasteiger partial charge in [-0.05, 0) is 43.5 Å². The van der Waals surface area contributed by atoms with Gasteiger partial charge in [0, 0.05) is 26.1 Å². The van der Waals surface area contributed by atoms with Crippen molar-refractivity contribution in [1.29, 1.82) is 0 Å². The van der Waals surface area contributed by atoms with E-state index in [2.05, 4.69) is 5.10 Å². The number of nitrogen functional groups attached to an aromatic ring is 1. The highest BCUT2D eigenvalue weighted by molar-refractivity contribution is 6.05. The van der Waals surface area contributed by atoms with Crippen LogP contribution < -0.4 is 5.73 Å². The van der Waals surface area contributed by atoms with E-state index >= 15 is 0 Å². The van der Waals surface area contributed by atoms with Gasteiger partial charge in [-0.3, -0.25) is 14.4 Å². The molecule has 3 heterocycles. The molecule has 2 aromatic rings. The lowest BCUT2D eigenvalue weighted by Gasteiger charge is -2.24. The lowest BCUT2D eigenvalue weighted by molar-refractivity contribution is -0.136. The van der Waals surface area contributed by atoms with Gasteiger partial charge in [0.25, 0.3) is 0 Å². The standard InChI is InChI=1S/C22H26FN5O4/c23-15-5-7-16(8-6-15)28-22(24)17(13-25-28)21(31)18-3-1-10-27(18)20(30)14-32-12-11-26-9-2-4-19(26)29/h5-8,13,18H,1-4,9-12,14,24H2. The number of anilines is 1. The van der Waals surface area contributed by atoms with Gasteiger partial charge in [0.05, 0.1) is 30.1 Å². The summed E-state index contributed by atoms with van der Waals surface area (Å²) in [7, 11) is 0. The monoisotopic (exact) mass is 443 g/mol. The zero-order valence-corrected chi connectivity index (χ0v) is 17.7. The van der Waals surface area contributed by atoms with Gasteiger partial charge in [0.1, 0.15) is 18.2 Å². The van der Waals surface area contributed by atoms with E-state index in [1.54, 1.807) is 4.90 Å². The average molecular weight is 443 g/mol. The number of nitrogens with zero attached hydrogens (tertiary/aromatic N) is 4. The number of halogens is 1. The molecule has 0 aliphatic carbocycles. The molecule has 0 spiro atoms. The van der Waals surface area contributed by atoms with E-state index in [4.69, 9.17) is 10.5 Å². The lowest BCUT2D eigenvalue weighted by atomic mass is 10.0. The molecule has 1 aromatic heterocycles. The molecular formula is C22H26FN5O4. The van der Waals surface area contributed by atoms with Gasteiger partial charge >= 0.3 is 0 Å². The minimum Gasteiger partial charge on any atom is -0.383 e. The van der Waals surface area contributed by atoms with Crippen molar-refractivity contribution in [2.45, 2.75) is 31.7 Å². The quantitative estimate of drug-likeness (QED) is 0.488. The second kappa shape index (κ2) is 9.47. The highest BCUT2D eigenvalue weighted by atomic mass is 19.1. The first kappa shape index (κ1) is 21.9. The lowest BCUT2D eigenvalue weighted by Crippen LogP contribution is -2.42. The van der Waals surface area contributed by atoms with Gasteiger partial charge < -0.3 is 20.3 Å². The Morgan fingerprint density at radius 1 is 1.19 bits per heavy atom. The first-order chi connectivity index (χ1) is 15.5. The number of amides is 2. The third kappa shape index (κ3) is 4.50. The minimum atomic E-state index is -0.626. The third-order valence-corrected chi connectivity index (χ3v) is 5.92. The fourth-order valence-electron chi connectivity index (χ4n) is 4.21. The number of carbonyl (C=O) groups is 3. The maximum Gasteiger partial charge on any atom is 0.249 e. The number of benzene rings is 1. The van der Waals surface area contributed by atoms with Gasteiger partial charge in [-0.2, -0.15) is 5.10 Å². The van der Waals surface area contributed by atoms with E-state index in [1.807, 2.05) is 0 Å². The number of Topliss-reactive ketones (excluding diaryl/α,β-unsaturated/α-hetero) is 1. The van der Waals surface area contributed by atoms with Crippen molar-refractivity contribution in [1.82, 2.24) is 19.6 Å². The van der Waals surface area contributed by atoms with Crippen molar-refractivity contribution in [3.8, 4) is 5.69 Å². The topological polar surface area (TPSA) is 111 Å². The van der Waals surface area contributed by atoms with Crippen LogP contribution >= 0.6 is 0 Å². The van der Waals surface area contributed by atoms with Crippen LogP contribution in [0.2, 0.25) is 0 Å². The van der Waals surface area contributed by atoms with Crippen molar-refractivity contribution in [3.05, 3.63) is 41.8 Å². The second-order valence-electron chi connectivity index (χ2n) is 7.98. The van der Waals surface area contributed by atoms with Crippen LogP contribution in [0.25, 0.3) is 5.69 Å². The number of likely N-dealkylation sites (tertiary alicyclic amines) is 2. The number of nitrogens with two attached hydrogens (primary N) is 1. The Morgan fingerprint density at radius 2 is 1.97 bits per heavy atom. The van der Waals surface area contributed by atoms with Crippen molar-refractivity contribution in [3.63, 3.8) is 0 Å². The molecule has 0 bridgehead atoms. The van der Waals surface area contributed by atoms with Gasteiger partial charge in [-0.25, -0.2) is 9.07 Å². The minimum absolute atomic E-state index is 0.115. The van der Waals surface area contributed by atoms with E-state index in [1.165, 1.54) is 40.0 Å². The highest BCUT2D eigenvalue weighted by Crippen LogP contribution is 2.25. The predicted molar refractivity (Wildman–Crippen MR) is 114 cm³/mol. The third-order valence-electron chi connectivity index (χ3n) is 5.92. The van der Waals surface area contributed by atoms with Crippen LogP contribution in [0, 0.1) is 5.82 Å². The van der Waals surface area contributed by atoms with Crippen LogP contribution in [0.5, 0.6) is 0 Å². The van der Waals surface area contributed by atoms with Crippen LogP contribution in [-0.2, 0) is 14.3 Å². The number of aromatic nitrogens is 2. The molecule has 2 fully saturated rings.